The second kappa shape index (κ2) is 6.01. The number of hydrogen-bond acceptors (Lipinski definition) is 3. The van der Waals surface area contributed by atoms with E-state index in [9.17, 15) is 0 Å². The molecule has 0 bridgehead atoms. The SMILES string of the molecule is C[CH]OC(C)OCCN. The molecule has 0 aromatic rings. The van der Waals surface area contributed by atoms with Gasteiger partial charge in [-0.1, -0.05) is 0 Å². The van der Waals surface area contributed by atoms with Gasteiger partial charge < -0.3 is 15.2 Å². The van der Waals surface area contributed by atoms with Crippen LogP contribution in [-0.2, 0) is 9.47 Å². The molecule has 2 N–H and O–H groups in total. The molecule has 1 atom stereocenters. The van der Waals surface area contributed by atoms with Gasteiger partial charge in [0.1, 0.15) is 0 Å². The molecule has 0 aliphatic rings. The molecule has 1 radical (unpaired) electrons. The summed E-state index contributed by atoms with van der Waals surface area (Å²) in [5.74, 6) is 0. The van der Waals surface area contributed by atoms with E-state index in [1.54, 1.807) is 6.61 Å². The summed E-state index contributed by atoms with van der Waals surface area (Å²) in [6.07, 6.45) is -0.168. The van der Waals surface area contributed by atoms with E-state index < -0.39 is 0 Å². The van der Waals surface area contributed by atoms with Crippen LogP contribution in [0.3, 0.4) is 0 Å². The fraction of sp³-hybridized carbons (Fsp3) is 0.833. The molecule has 0 saturated carbocycles. The van der Waals surface area contributed by atoms with Crippen LogP contribution in [0.4, 0.5) is 0 Å². The van der Waals surface area contributed by atoms with E-state index in [1.165, 1.54) is 0 Å². The molecule has 9 heavy (non-hydrogen) atoms. The summed E-state index contributed by atoms with van der Waals surface area (Å²) in [5.41, 5.74) is 5.18. The van der Waals surface area contributed by atoms with E-state index in [4.69, 9.17) is 15.2 Å². The average molecular weight is 132 g/mol. The van der Waals surface area contributed by atoms with E-state index in [1.807, 2.05) is 13.8 Å². The van der Waals surface area contributed by atoms with Crippen LogP contribution >= 0.6 is 0 Å². The normalized spacial score (nSPS) is 13.7. The first-order valence-electron chi connectivity index (χ1n) is 3.06. The lowest BCUT2D eigenvalue weighted by molar-refractivity contribution is -0.104. The Morgan fingerprint density at radius 1 is 1.67 bits per heavy atom. The van der Waals surface area contributed by atoms with Gasteiger partial charge in [-0.05, 0) is 13.8 Å². The highest BCUT2D eigenvalue weighted by molar-refractivity contribution is 4.38. The molecular formula is C6H14NO2. The summed E-state index contributed by atoms with van der Waals surface area (Å²) in [6.45, 7) is 6.32. The Morgan fingerprint density at radius 2 is 2.33 bits per heavy atom. The summed E-state index contributed by atoms with van der Waals surface area (Å²) in [4.78, 5) is 0. The third-order valence-corrected chi connectivity index (χ3v) is 0.798. The average Bonchev–Trinajstić information content (AvgIpc) is 1.85. The highest BCUT2D eigenvalue weighted by Gasteiger charge is 1.96. The van der Waals surface area contributed by atoms with Crippen LogP contribution in [0.5, 0.6) is 0 Å². The van der Waals surface area contributed by atoms with Gasteiger partial charge in [-0.15, -0.1) is 0 Å². The molecule has 0 fully saturated rings. The molecule has 3 nitrogen and oxygen atoms in total. The standard InChI is InChI=1S/C6H14NO2/c1-3-8-6(2)9-5-4-7/h3,6H,4-5,7H2,1-2H3. The van der Waals surface area contributed by atoms with E-state index in [0.29, 0.717) is 13.2 Å². The first kappa shape index (κ1) is 8.88. The monoisotopic (exact) mass is 132 g/mol. The summed E-state index contributed by atoms with van der Waals surface area (Å²) >= 11 is 0. The molecule has 0 amide bonds. The van der Waals surface area contributed by atoms with Crippen molar-refractivity contribution >= 4 is 0 Å². The van der Waals surface area contributed by atoms with Crippen molar-refractivity contribution in [2.75, 3.05) is 13.2 Å². The molecule has 0 aromatic heterocycles. The van der Waals surface area contributed by atoms with Gasteiger partial charge in [0, 0.05) is 6.54 Å². The van der Waals surface area contributed by atoms with E-state index in [0.717, 1.165) is 0 Å². The minimum atomic E-state index is -0.168. The number of rotatable bonds is 5. The highest BCUT2D eigenvalue weighted by Crippen LogP contribution is 1.93. The maximum absolute atomic E-state index is 5.18. The first-order chi connectivity index (χ1) is 4.31. The zero-order valence-corrected chi connectivity index (χ0v) is 5.96. The van der Waals surface area contributed by atoms with Crippen LogP contribution in [0.25, 0.3) is 0 Å². The third kappa shape index (κ3) is 5.76. The lowest BCUT2D eigenvalue weighted by atomic mass is 10.7. The van der Waals surface area contributed by atoms with Gasteiger partial charge in [0.2, 0.25) is 0 Å². The molecule has 0 rings (SSSR count). The molecule has 0 aliphatic heterocycles. The Morgan fingerprint density at radius 3 is 2.78 bits per heavy atom. The van der Waals surface area contributed by atoms with Gasteiger partial charge in [0.25, 0.3) is 0 Å². The van der Waals surface area contributed by atoms with Crippen molar-refractivity contribution < 1.29 is 9.47 Å². The quantitative estimate of drug-likeness (QED) is 0.554. The van der Waals surface area contributed by atoms with Crippen molar-refractivity contribution in [3.05, 3.63) is 6.61 Å². The molecule has 0 aliphatic carbocycles. The highest BCUT2D eigenvalue weighted by atomic mass is 16.7. The van der Waals surface area contributed by atoms with Crippen molar-refractivity contribution in [2.24, 2.45) is 5.73 Å². The lowest BCUT2D eigenvalue weighted by Gasteiger charge is -2.10. The van der Waals surface area contributed by atoms with E-state index in [-0.39, 0.29) is 6.29 Å². The zero-order valence-electron chi connectivity index (χ0n) is 5.96. The molecule has 55 valence electrons. The topological polar surface area (TPSA) is 44.5 Å². The van der Waals surface area contributed by atoms with E-state index >= 15 is 0 Å². The summed E-state index contributed by atoms with van der Waals surface area (Å²) in [6, 6.07) is 0. The molecule has 0 heterocycles. The maximum Gasteiger partial charge on any atom is 0.155 e. The molecule has 0 aromatic carbocycles. The van der Waals surface area contributed by atoms with Crippen LogP contribution in [0.2, 0.25) is 0 Å². The number of hydrogen-bond donors (Lipinski definition) is 1. The fourth-order valence-electron chi connectivity index (χ4n) is 0.465. The van der Waals surface area contributed by atoms with Crippen molar-refractivity contribution in [1.29, 1.82) is 0 Å². The van der Waals surface area contributed by atoms with Crippen LogP contribution < -0.4 is 5.73 Å². The molecule has 0 saturated heterocycles. The Kier molecular flexibility index (Phi) is 5.93. The second-order valence-electron chi connectivity index (χ2n) is 1.60. The maximum atomic E-state index is 5.18. The van der Waals surface area contributed by atoms with Crippen molar-refractivity contribution in [3.63, 3.8) is 0 Å². The predicted octanol–water partition coefficient (Wildman–Crippen LogP) is 0.506. The van der Waals surface area contributed by atoms with Crippen LogP contribution in [0.15, 0.2) is 0 Å². The lowest BCUT2D eigenvalue weighted by Crippen LogP contribution is -2.16. The molecule has 0 spiro atoms. The Hall–Kier alpha value is -0.120. The predicted molar refractivity (Wildman–Crippen MR) is 35.5 cm³/mol. The molecule has 1 unspecified atom stereocenters. The van der Waals surface area contributed by atoms with Crippen molar-refractivity contribution in [2.45, 2.75) is 20.1 Å². The largest absolute Gasteiger partial charge is 0.352 e. The smallest absolute Gasteiger partial charge is 0.155 e. The Bertz CT molecular complexity index is 59.0. The first-order valence-corrected chi connectivity index (χ1v) is 3.06. The third-order valence-electron chi connectivity index (χ3n) is 0.798. The van der Waals surface area contributed by atoms with Crippen LogP contribution in [0.1, 0.15) is 13.8 Å². The summed E-state index contributed by atoms with van der Waals surface area (Å²) < 4.78 is 9.99. The van der Waals surface area contributed by atoms with Crippen LogP contribution in [0, 0.1) is 6.61 Å². The van der Waals surface area contributed by atoms with Gasteiger partial charge >= 0.3 is 0 Å². The van der Waals surface area contributed by atoms with Crippen LogP contribution in [-0.4, -0.2) is 19.4 Å². The zero-order chi connectivity index (χ0) is 7.11. The Labute approximate surface area is 56.1 Å². The molecule has 3 heteroatoms. The summed E-state index contributed by atoms with van der Waals surface area (Å²) in [5, 5.41) is 0. The van der Waals surface area contributed by atoms with Gasteiger partial charge in [-0.2, -0.15) is 0 Å². The minimum absolute atomic E-state index is 0.168. The fourth-order valence-corrected chi connectivity index (χ4v) is 0.465. The van der Waals surface area contributed by atoms with Gasteiger partial charge in [-0.3, -0.25) is 0 Å². The number of nitrogens with two attached hydrogens (primary N) is 1. The van der Waals surface area contributed by atoms with Gasteiger partial charge in [-0.25, -0.2) is 0 Å². The minimum Gasteiger partial charge on any atom is -0.352 e. The van der Waals surface area contributed by atoms with Gasteiger partial charge in [0.05, 0.1) is 13.2 Å². The Balaban J connectivity index is 2.95. The van der Waals surface area contributed by atoms with E-state index in [2.05, 4.69) is 0 Å². The summed E-state index contributed by atoms with van der Waals surface area (Å²) in [7, 11) is 0. The number of ether oxygens (including phenoxy) is 2. The van der Waals surface area contributed by atoms with Crippen molar-refractivity contribution in [3.8, 4) is 0 Å². The van der Waals surface area contributed by atoms with Gasteiger partial charge in [0.15, 0.2) is 6.29 Å². The molecular weight excluding hydrogens is 118 g/mol. The van der Waals surface area contributed by atoms with Crippen molar-refractivity contribution in [1.82, 2.24) is 0 Å². The second-order valence-corrected chi connectivity index (χ2v) is 1.60.